The van der Waals surface area contributed by atoms with Crippen LogP contribution in [0, 0.1) is 0 Å². The fraction of sp³-hybridized carbons (Fsp3) is 0.405. The molecule has 4 aromatic rings. The molecule has 1 saturated heterocycles. The van der Waals surface area contributed by atoms with Gasteiger partial charge in [0, 0.05) is 42.7 Å². The molecule has 10 nitrogen and oxygen atoms in total. The van der Waals surface area contributed by atoms with Gasteiger partial charge in [0.2, 0.25) is 11.5 Å². The largest absolute Gasteiger partial charge is 0.493 e. The molecule has 2 aromatic heterocycles. The molecule has 0 saturated carbocycles. The number of hydrogen-bond donors (Lipinski definition) is 0. The molecule has 47 heavy (non-hydrogen) atoms. The fourth-order valence-corrected chi connectivity index (χ4v) is 6.42. The molecule has 0 radical (unpaired) electrons. The highest BCUT2D eigenvalue weighted by molar-refractivity contribution is 5.71. The van der Waals surface area contributed by atoms with Crippen molar-refractivity contribution in [1.29, 1.82) is 0 Å². The first-order valence-electron chi connectivity index (χ1n) is 15.9. The van der Waals surface area contributed by atoms with Crippen LogP contribution in [0.4, 0.5) is 0 Å². The molecule has 0 aliphatic carbocycles. The molecular weight excluding hydrogens is 596 g/mol. The van der Waals surface area contributed by atoms with Crippen LogP contribution in [0.2, 0.25) is 0 Å². The minimum atomic E-state index is 0.498. The second-order valence-corrected chi connectivity index (χ2v) is 11.5. The Kier molecular flexibility index (Phi) is 11.4. The topological polar surface area (TPSA) is 87.6 Å². The van der Waals surface area contributed by atoms with Crippen LogP contribution in [-0.4, -0.2) is 88.1 Å². The number of methoxy groups -OCH3 is 6. The lowest BCUT2D eigenvalue weighted by atomic mass is 10.00. The van der Waals surface area contributed by atoms with Gasteiger partial charge in [-0.3, -0.25) is 19.8 Å². The maximum atomic E-state index is 5.61. The van der Waals surface area contributed by atoms with Gasteiger partial charge in [0.15, 0.2) is 23.0 Å². The number of aromatic nitrogens is 2. The van der Waals surface area contributed by atoms with Gasteiger partial charge in [0.05, 0.1) is 54.0 Å². The number of ether oxygens (including phenoxy) is 6. The number of benzene rings is 2. The Morgan fingerprint density at radius 3 is 1.81 bits per heavy atom. The second kappa shape index (κ2) is 15.8. The van der Waals surface area contributed by atoms with Crippen molar-refractivity contribution in [3.63, 3.8) is 0 Å². The minimum Gasteiger partial charge on any atom is -0.493 e. The van der Waals surface area contributed by atoms with E-state index in [0.29, 0.717) is 40.5 Å². The predicted octanol–water partition coefficient (Wildman–Crippen LogP) is 6.35. The normalized spacial score (nSPS) is 13.8. The third-order valence-electron chi connectivity index (χ3n) is 8.87. The van der Waals surface area contributed by atoms with Crippen LogP contribution < -0.4 is 28.4 Å². The summed E-state index contributed by atoms with van der Waals surface area (Å²) in [5.74, 6) is 3.59. The van der Waals surface area contributed by atoms with Gasteiger partial charge in [-0.15, -0.1) is 0 Å². The van der Waals surface area contributed by atoms with Gasteiger partial charge < -0.3 is 28.4 Å². The summed E-state index contributed by atoms with van der Waals surface area (Å²) in [5, 5.41) is 0. The van der Waals surface area contributed by atoms with Crippen molar-refractivity contribution in [3.8, 4) is 57.0 Å². The molecule has 0 N–H and O–H groups in total. The van der Waals surface area contributed by atoms with E-state index in [1.165, 1.54) is 11.1 Å². The monoisotopic (exact) mass is 642 g/mol. The van der Waals surface area contributed by atoms with Crippen molar-refractivity contribution in [1.82, 2.24) is 19.8 Å². The van der Waals surface area contributed by atoms with Crippen LogP contribution in [-0.2, 0) is 13.1 Å². The third-order valence-corrected chi connectivity index (χ3v) is 8.87. The maximum Gasteiger partial charge on any atom is 0.203 e. The van der Waals surface area contributed by atoms with Crippen LogP contribution in [0.1, 0.15) is 30.9 Å². The quantitative estimate of drug-likeness (QED) is 0.155. The molecule has 250 valence electrons. The van der Waals surface area contributed by atoms with Crippen LogP contribution in [0.15, 0.2) is 60.9 Å². The lowest BCUT2D eigenvalue weighted by molar-refractivity contribution is 0.103. The number of piperidine rings is 1. The highest BCUT2D eigenvalue weighted by Crippen LogP contribution is 2.42. The van der Waals surface area contributed by atoms with Crippen molar-refractivity contribution in [2.24, 2.45) is 0 Å². The lowest BCUT2D eigenvalue weighted by Crippen LogP contribution is -2.44. The first-order chi connectivity index (χ1) is 23.0. The summed E-state index contributed by atoms with van der Waals surface area (Å²) >= 11 is 0. The van der Waals surface area contributed by atoms with Crippen molar-refractivity contribution >= 4 is 0 Å². The third kappa shape index (κ3) is 7.55. The van der Waals surface area contributed by atoms with Crippen LogP contribution in [0.5, 0.6) is 34.5 Å². The predicted molar refractivity (Wildman–Crippen MR) is 183 cm³/mol. The number of likely N-dealkylation sites (tertiary alicyclic amines) is 1. The number of rotatable bonds is 14. The zero-order chi connectivity index (χ0) is 33.3. The van der Waals surface area contributed by atoms with E-state index in [4.69, 9.17) is 33.4 Å². The van der Waals surface area contributed by atoms with Crippen molar-refractivity contribution in [2.75, 3.05) is 62.3 Å². The summed E-state index contributed by atoms with van der Waals surface area (Å²) in [6.45, 7) is 6.92. The van der Waals surface area contributed by atoms with E-state index in [-0.39, 0.29) is 0 Å². The lowest BCUT2D eigenvalue weighted by Gasteiger charge is -2.38. The van der Waals surface area contributed by atoms with E-state index < -0.39 is 0 Å². The summed E-state index contributed by atoms with van der Waals surface area (Å²) in [5.41, 5.74) is 6.03. The fourth-order valence-electron chi connectivity index (χ4n) is 6.42. The Hall–Kier alpha value is -4.54. The Morgan fingerprint density at radius 1 is 0.702 bits per heavy atom. The van der Waals surface area contributed by atoms with E-state index in [1.54, 1.807) is 42.7 Å². The molecule has 0 bridgehead atoms. The SMILES string of the molecule is CCN(Cc1ccnc(-c2cc(OC)c(OC)c(OC)c2)c1)C1CCN(Cc2cccnc2-c2cc(OC)c(OC)c(OC)c2)CC1. The van der Waals surface area contributed by atoms with Crippen LogP contribution >= 0.6 is 0 Å². The standard InChI is InChI=1S/C37H46N4O6/c1-8-41(23-25-11-15-38-30(18-25)27-19-31(42-2)36(46-6)32(20-27)43-3)29-12-16-40(17-13-29)24-26-10-9-14-39-35(26)28-21-33(44-4)37(47-7)34(22-28)45-5/h9-11,14-15,18-22,29H,8,12-13,16-17,23-24H2,1-7H3. The Bertz CT molecular complexity index is 1590. The average molecular weight is 643 g/mol. The summed E-state index contributed by atoms with van der Waals surface area (Å²) in [7, 11) is 9.74. The van der Waals surface area contributed by atoms with Gasteiger partial charge in [-0.2, -0.15) is 0 Å². The summed E-state index contributed by atoms with van der Waals surface area (Å²) in [6, 6.07) is 16.7. The van der Waals surface area contributed by atoms with Gasteiger partial charge in [-0.25, -0.2) is 0 Å². The summed E-state index contributed by atoms with van der Waals surface area (Å²) < 4.78 is 33.4. The van der Waals surface area contributed by atoms with Crippen molar-refractivity contribution < 1.29 is 28.4 Å². The molecular formula is C37H46N4O6. The Labute approximate surface area is 278 Å². The van der Waals surface area contributed by atoms with E-state index in [9.17, 15) is 0 Å². The van der Waals surface area contributed by atoms with Crippen LogP contribution in [0.25, 0.3) is 22.5 Å². The van der Waals surface area contributed by atoms with Crippen molar-refractivity contribution in [3.05, 3.63) is 72.1 Å². The van der Waals surface area contributed by atoms with Gasteiger partial charge in [0.1, 0.15) is 0 Å². The molecule has 0 atom stereocenters. The minimum absolute atomic E-state index is 0.498. The first-order valence-corrected chi connectivity index (χ1v) is 15.9. The van der Waals surface area contributed by atoms with Crippen molar-refractivity contribution in [2.45, 2.75) is 38.9 Å². The molecule has 0 unspecified atom stereocenters. The highest BCUT2D eigenvalue weighted by Gasteiger charge is 2.25. The molecule has 0 spiro atoms. The highest BCUT2D eigenvalue weighted by atomic mass is 16.5. The first kappa shape index (κ1) is 33.8. The van der Waals surface area contributed by atoms with Gasteiger partial charge in [-0.05, 0) is 86.1 Å². The molecule has 1 aliphatic heterocycles. The van der Waals surface area contributed by atoms with E-state index in [0.717, 1.165) is 68.1 Å². The molecule has 2 aromatic carbocycles. The summed E-state index contributed by atoms with van der Waals surface area (Å²) in [4.78, 5) is 14.5. The Morgan fingerprint density at radius 2 is 1.28 bits per heavy atom. The molecule has 5 rings (SSSR count). The van der Waals surface area contributed by atoms with Gasteiger partial charge in [0.25, 0.3) is 0 Å². The van der Waals surface area contributed by atoms with Gasteiger partial charge in [-0.1, -0.05) is 13.0 Å². The average Bonchev–Trinajstić information content (AvgIpc) is 3.13. The summed E-state index contributed by atoms with van der Waals surface area (Å²) in [6.07, 6.45) is 5.90. The molecule has 1 aliphatic rings. The van der Waals surface area contributed by atoms with E-state index in [1.807, 2.05) is 42.7 Å². The number of pyridine rings is 2. The number of nitrogens with zero attached hydrogens (tertiary/aromatic N) is 4. The second-order valence-electron chi connectivity index (χ2n) is 11.5. The van der Waals surface area contributed by atoms with Gasteiger partial charge >= 0.3 is 0 Å². The maximum absolute atomic E-state index is 5.61. The molecule has 10 heteroatoms. The zero-order valence-corrected chi connectivity index (χ0v) is 28.5. The zero-order valence-electron chi connectivity index (χ0n) is 28.5. The molecule has 1 fully saturated rings. The molecule has 0 amide bonds. The van der Waals surface area contributed by atoms with Crippen LogP contribution in [0.3, 0.4) is 0 Å². The Balaban J connectivity index is 1.26. The number of hydrogen-bond acceptors (Lipinski definition) is 10. The van der Waals surface area contributed by atoms with E-state index in [2.05, 4.69) is 39.9 Å². The van der Waals surface area contributed by atoms with E-state index >= 15 is 0 Å². The smallest absolute Gasteiger partial charge is 0.203 e. The molecule has 3 heterocycles.